The van der Waals surface area contributed by atoms with E-state index in [0.717, 1.165) is 0 Å². The summed E-state index contributed by atoms with van der Waals surface area (Å²) in [5.74, 6) is -4.64. The molecule has 2 aliphatic heterocycles. The number of carbonyl (C=O) groups is 3. The van der Waals surface area contributed by atoms with Gasteiger partial charge in [0, 0.05) is 16.1 Å². The highest BCUT2D eigenvalue weighted by Gasteiger charge is 2.68. The molecule has 5 atom stereocenters. The van der Waals surface area contributed by atoms with Crippen LogP contribution in [-0.4, -0.2) is 33.5 Å². The van der Waals surface area contributed by atoms with Gasteiger partial charge >= 0.3 is 5.97 Å². The van der Waals surface area contributed by atoms with Gasteiger partial charge in [0.05, 0.1) is 11.8 Å². The summed E-state index contributed by atoms with van der Waals surface area (Å²) in [6.07, 6.45) is 0.515. The van der Waals surface area contributed by atoms with Crippen molar-refractivity contribution in [2.75, 3.05) is 0 Å². The number of hydrogen-bond acceptors (Lipinski definition) is 5. The van der Waals surface area contributed by atoms with Crippen molar-refractivity contribution >= 4 is 33.7 Å². The first-order valence-electron chi connectivity index (χ1n) is 8.08. The number of carbonyl (C=O) groups excluding carboxylic acids is 2. The molecule has 7 nitrogen and oxygen atoms in total. The van der Waals surface area contributed by atoms with E-state index >= 15 is 0 Å². The van der Waals surface area contributed by atoms with Crippen LogP contribution >= 0.6 is 15.9 Å². The normalized spacial score (nSPS) is 32.4. The highest BCUT2D eigenvalue weighted by molar-refractivity contribution is 9.10. The molecule has 2 aliphatic rings. The van der Waals surface area contributed by atoms with Gasteiger partial charge < -0.3 is 10.2 Å². The van der Waals surface area contributed by atoms with Crippen molar-refractivity contribution in [1.29, 1.82) is 0 Å². The molecule has 0 aliphatic carbocycles. The molecule has 2 amide bonds. The molecular formula is C17H19BrN2O5. The quantitative estimate of drug-likeness (QED) is 0.559. The molecule has 2 saturated heterocycles. The maximum absolute atomic E-state index is 12.4. The van der Waals surface area contributed by atoms with Gasteiger partial charge in [-0.15, -0.1) is 0 Å². The van der Waals surface area contributed by atoms with E-state index in [1.54, 1.807) is 19.1 Å². The Labute approximate surface area is 152 Å². The molecule has 4 N–H and O–H groups in total. The average Bonchev–Trinajstić information content (AvgIpc) is 3.07. The highest BCUT2D eigenvalue weighted by Crippen LogP contribution is 2.51. The number of nitrogens with one attached hydrogen (secondary N) is 2. The van der Waals surface area contributed by atoms with Gasteiger partial charge in [0.1, 0.15) is 11.3 Å². The molecule has 25 heavy (non-hydrogen) atoms. The second-order valence-corrected chi connectivity index (χ2v) is 7.58. The first-order valence-corrected chi connectivity index (χ1v) is 8.87. The zero-order chi connectivity index (χ0) is 18.5. The summed E-state index contributed by atoms with van der Waals surface area (Å²) < 4.78 is 0.680. The summed E-state index contributed by atoms with van der Waals surface area (Å²) in [7, 11) is 0. The van der Waals surface area contributed by atoms with E-state index in [4.69, 9.17) is 0 Å². The fraction of sp³-hybridized carbons (Fsp3) is 0.471. The molecule has 8 heteroatoms. The predicted molar refractivity (Wildman–Crippen MR) is 91.6 cm³/mol. The molecule has 0 radical (unpaired) electrons. The van der Waals surface area contributed by atoms with E-state index in [-0.39, 0.29) is 5.75 Å². The van der Waals surface area contributed by atoms with Crippen molar-refractivity contribution in [3.63, 3.8) is 0 Å². The summed E-state index contributed by atoms with van der Waals surface area (Å²) in [6.45, 7) is 3.59. The molecule has 1 aromatic rings. The van der Waals surface area contributed by atoms with Crippen LogP contribution in [-0.2, 0) is 14.4 Å². The second-order valence-electron chi connectivity index (χ2n) is 6.67. The molecule has 0 bridgehead atoms. The Kier molecular flexibility index (Phi) is 4.36. The van der Waals surface area contributed by atoms with Crippen molar-refractivity contribution in [1.82, 2.24) is 10.6 Å². The minimum Gasteiger partial charge on any atom is -0.508 e. The summed E-state index contributed by atoms with van der Waals surface area (Å²) in [5.41, 5.74) is -1.18. The highest BCUT2D eigenvalue weighted by atomic mass is 79.9. The Balaban J connectivity index is 2.19. The van der Waals surface area contributed by atoms with Crippen LogP contribution in [0.4, 0.5) is 0 Å². The fourth-order valence-electron chi connectivity index (χ4n) is 4.09. The first-order chi connectivity index (χ1) is 11.7. The van der Waals surface area contributed by atoms with E-state index in [9.17, 15) is 24.6 Å². The number of halogens is 1. The van der Waals surface area contributed by atoms with Gasteiger partial charge in [-0.05, 0) is 24.1 Å². The lowest BCUT2D eigenvalue weighted by Gasteiger charge is -2.35. The van der Waals surface area contributed by atoms with E-state index in [0.29, 0.717) is 16.5 Å². The van der Waals surface area contributed by atoms with Crippen LogP contribution in [0.25, 0.3) is 0 Å². The van der Waals surface area contributed by atoms with Crippen LogP contribution in [0.5, 0.6) is 5.75 Å². The lowest BCUT2D eigenvalue weighted by atomic mass is 9.72. The van der Waals surface area contributed by atoms with Crippen LogP contribution in [0.3, 0.4) is 0 Å². The third-order valence-electron chi connectivity index (χ3n) is 5.50. The number of benzene rings is 1. The number of aliphatic carboxylic acids is 1. The van der Waals surface area contributed by atoms with Crippen LogP contribution in [0.2, 0.25) is 0 Å². The smallest absolute Gasteiger partial charge is 0.325 e. The number of carboxylic acid groups (broad SMARTS) is 1. The van der Waals surface area contributed by atoms with Crippen molar-refractivity contribution in [3.05, 3.63) is 28.2 Å². The number of amides is 2. The van der Waals surface area contributed by atoms with Crippen molar-refractivity contribution in [2.45, 2.75) is 31.8 Å². The minimum absolute atomic E-state index is 0.0584. The van der Waals surface area contributed by atoms with E-state index < -0.39 is 47.1 Å². The molecule has 134 valence electrons. The number of aromatic hydroxyl groups is 1. The molecule has 1 aromatic carbocycles. The van der Waals surface area contributed by atoms with Gasteiger partial charge in [0.2, 0.25) is 11.8 Å². The Morgan fingerprint density at radius 3 is 2.64 bits per heavy atom. The number of phenolic OH excluding ortho intramolecular Hbond substituents is 1. The molecule has 2 fully saturated rings. The lowest BCUT2D eigenvalue weighted by molar-refractivity contribution is -0.152. The maximum Gasteiger partial charge on any atom is 0.325 e. The van der Waals surface area contributed by atoms with Crippen molar-refractivity contribution in [3.8, 4) is 5.75 Å². The zero-order valence-corrected chi connectivity index (χ0v) is 15.3. The van der Waals surface area contributed by atoms with Crippen LogP contribution in [0, 0.1) is 17.8 Å². The number of rotatable bonds is 4. The number of phenols is 1. The molecule has 5 unspecified atom stereocenters. The third-order valence-corrected chi connectivity index (χ3v) is 6.00. The Hall–Kier alpha value is -1.93. The minimum atomic E-state index is -1.57. The summed E-state index contributed by atoms with van der Waals surface area (Å²) in [4.78, 5) is 37.1. The van der Waals surface area contributed by atoms with Gasteiger partial charge in [-0.1, -0.05) is 36.2 Å². The average molecular weight is 411 g/mol. The second kappa shape index (κ2) is 6.10. The lowest BCUT2D eigenvalue weighted by Crippen LogP contribution is -2.59. The van der Waals surface area contributed by atoms with E-state index in [2.05, 4.69) is 26.6 Å². The van der Waals surface area contributed by atoms with Gasteiger partial charge in [0.15, 0.2) is 0 Å². The molecule has 0 saturated carbocycles. The standard InChI is InChI=1S/C17H19BrN2O5/c1-3-7(2)17(16(24)25)12-11(14(22)19-15(12)23)13(20-17)9-6-8(18)4-5-10(9)21/h4-7,11-13,20-21H,3H2,1-2H3,(H,24,25)(H,19,22,23). The monoisotopic (exact) mass is 410 g/mol. The summed E-state index contributed by atoms with van der Waals surface area (Å²) >= 11 is 3.32. The molecule has 3 rings (SSSR count). The zero-order valence-electron chi connectivity index (χ0n) is 13.7. The molecule has 0 aromatic heterocycles. The van der Waals surface area contributed by atoms with E-state index in [1.165, 1.54) is 6.07 Å². The first kappa shape index (κ1) is 17.9. The van der Waals surface area contributed by atoms with Gasteiger partial charge in [-0.25, -0.2) is 0 Å². The number of fused-ring (bicyclic) bond motifs is 1. The van der Waals surface area contributed by atoms with Crippen LogP contribution in [0.15, 0.2) is 22.7 Å². The number of carboxylic acids is 1. The summed E-state index contributed by atoms with van der Waals surface area (Å²) in [6, 6.07) is 3.97. The number of hydrogen-bond donors (Lipinski definition) is 4. The van der Waals surface area contributed by atoms with Crippen LogP contribution < -0.4 is 10.6 Å². The summed E-state index contributed by atoms with van der Waals surface area (Å²) in [5, 5.41) is 25.5. The van der Waals surface area contributed by atoms with Gasteiger partial charge in [0.25, 0.3) is 0 Å². The Morgan fingerprint density at radius 2 is 2.04 bits per heavy atom. The topological polar surface area (TPSA) is 116 Å². The molecule has 0 spiro atoms. The van der Waals surface area contributed by atoms with Crippen molar-refractivity contribution < 1.29 is 24.6 Å². The fourth-order valence-corrected chi connectivity index (χ4v) is 4.47. The van der Waals surface area contributed by atoms with Gasteiger partial charge in [-0.3, -0.25) is 25.0 Å². The van der Waals surface area contributed by atoms with Gasteiger partial charge in [-0.2, -0.15) is 0 Å². The number of imide groups is 1. The van der Waals surface area contributed by atoms with Crippen LogP contribution in [0.1, 0.15) is 31.9 Å². The third kappa shape index (κ3) is 2.46. The Bertz CT molecular complexity index is 767. The maximum atomic E-state index is 12.4. The SMILES string of the molecule is CCC(C)C1(C(=O)O)NC(c2cc(Br)ccc2O)C2C(=O)NC(=O)C21. The van der Waals surface area contributed by atoms with E-state index in [1.807, 2.05) is 6.92 Å². The largest absolute Gasteiger partial charge is 0.508 e. The van der Waals surface area contributed by atoms with Crippen molar-refractivity contribution in [2.24, 2.45) is 17.8 Å². The predicted octanol–water partition coefficient (Wildman–Crippen LogP) is 1.56. The molecular weight excluding hydrogens is 392 g/mol. The Morgan fingerprint density at radius 1 is 1.36 bits per heavy atom. The molecule has 2 heterocycles.